The van der Waals surface area contributed by atoms with Crippen LogP contribution in [0.2, 0.25) is 0 Å². The number of carbonyl (C=O) groups is 1. The summed E-state index contributed by atoms with van der Waals surface area (Å²) in [6.45, 7) is 4.14. The largest absolute Gasteiger partial charge is 0.491 e. The van der Waals surface area contributed by atoms with E-state index in [0.717, 1.165) is 4.73 Å². The molecule has 0 spiro atoms. The van der Waals surface area contributed by atoms with Crippen LogP contribution in [-0.4, -0.2) is 35.6 Å². The zero-order valence-electron chi connectivity index (χ0n) is 18.1. The quantitative estimate of drug-likeness (QED) is 0.514. The normalized spacial score (nSPS) is 10.9. The molecule has 0 unspecified atom stereocenters. The van der Waals surface area contributed by atoms with Gasteiger partial charge in [0.25, 0.3) is 0 Å². The number of pyridine rings is 1. The fourth-order valence-corrected chi connectivity index (χ4v) is 3.22. The Balaban J connectivity index is 2.19. The molecule has 0 bridgehead atoms. The van der Waals surface area contributed by atoms with Crippen LogP contribution in [0.4, 0.5) is 4.39 Å². The second kappa shape index (κ2) is 10.8. The van der Waals surface area contributed by atoms with Gasteiger partial charge in [0.05, 0.1) is 24.8 Å². The monoisotopic (exact) mass is 443 g/mol. The first-order chi connectivity index (χ1) is 15.5. The van der Waals surface area contributed by atoms with Crippen LogP contribution in [-0.2, 0) is 4.79 Å². The predicted octanol–water partition coefficient (Wildman–Crippen LogP) is 3.72. The molecular weight excluding hydrogens is 417 g/mol. The van der Waals surface area contributed by atoms with E-state index in [-0.39, 0.29) is 41.9 Å². The number of hydrogen-bond acceptors (Lipinski definition) is 6. The number of ether oxygens (including phenoxy) is 2. The minimum Gasteiger partial charge on any atom is -0.491 e. The summed E-state index contributed by atoms with van der Waals surface area (Å²) in [4.78, 5) is 31.0. The maximum absolute atomic E-state index is 14.9. The minimum absolute atomic E-state index is 0.0690. The summed E-state index contributed by atoms with van der Waals surface area (Å²) >= 11 is 0. The summed E-state index contributed by atoms with van der Waals surface area (Å²) in [6.07, 6.45) is 2.83. The molecular formula is C24H26FNO6. The molecule has 0 aliphatic heterocycles. The Hall–Kier alpha value is -3.39. The Morgan fingerprint density at radius 2 is 1.78 bits per heavy atom. The smallest absolute Gasteiger partial charge is 0.332 e. The Morgan fingerprint density at radius 3 is 2.44 bits per heavy atom. The van der Waals surface area contributed by atoms with Crippen molar-refractivity contribution in [3.05, 3.63) is 58.6 Å². The van der Waals surface area contributed by atoms with Gasteiger partial charge in [-0.05, 0) is 42.7 Å². The first kappa shape index (κ1) is 23.3. The van der Waals surface area contributed by atoms with Crippen LogP contribution < -0.4 is 19.7 Å². The number of benzene rings is 2. The Kier molecular flexibility index (Phi) is 7.83. The summed E-state index contributed by atoms with van der Waals surface area (Å²) in [5, 5.41) is 8.66. The number of aromatic nitrogens is 1. The Labute approximate surface area is 184 Å². The zero-order chi connectivity index (χ0) is 23.1. The number of fused-ring (bicyclic) bond motifs is 1. The van der Waals surface area contributed by atoms with Crippen LogP contribution in [0.25, 0.3) is 22.0 Å². The highest BCUT2D eigenvalue weighted by Crippen LogP contribution is 2.29. The van der Waals surface area contributed by atoms with Crippen LogP contribution in [0.1, 0.15) is 33.1 Å². The summed E-state index contributed by atoms with van der Waals surface area (Å²) in [5.74, 6) is -0.482. The molecule has 3 aromatic rings. The molecule has 8 heteroatoms. The molecule has 0 atom stereocenters. The van der Waals surface area contributed by atoms with Gasteiger partial charge >= 0.3 is 5.97 Å². The zero-order valence-corrected chi connectivity index (χ0v) is 18.1. The van der Waals surface area contributed by atoms with Crippen LogP contribution in [0, 0.1) is 5.82 Å². The van der Waals surface area contributed by atoms with Crippen molar-refractivity contribution < 1.29 is 28.6 Å². The second-order valence-electron chi connectivity index (χ2n) is 7.13. The van der Waals surface area contributed by atoms with E-state index >= 15 is 0 Å². The maximum Gasteiger partial charge on any atom is 0.332 e. The molecule has 3 rings (SSSR count). The van der Waals surface area contributed by atoms with Gasteiger partial charge in [0.1, 0.15) is 29.4 Å². The second-order valence-corrected chi connectivity index (χ2v) is 7.13. The third kappa shape index (κ3) is 5.08. The SMILES string of the molecule is CCCOc1ccc(F)c2c(=O)c(-c3ccc(OCCO)cc3)cn(OC(=O)CCC)c12. The molecule has 1 aromatic heterocycles. The molecule has 7 nitrogen and oxygen atoms in total. The van der Waals surface area contributed by atoms with Crippen molar-refractivity contribution in [2.24, 2.45) is 0 Å². The van der Waals surface area contributed by atoms with Crippen molar-refractivity contribution in [2.45, 2.75) is 33.1 Å². The molecule has 170 valence electrons. The van der Waals surface area contributed by atoms with Gasteiger partial charge in [-0.2, -0.15) is 4.73 Å². The van der Waals surface area contributed by atoms with Gasteiger partial charge in [0.2, 0.25) is 5.43 Å². The summed E-state index contributed by atoms with van der Waals surface area (Å²) in [7, 11) is 0. The van der Waals surface area contributed by atoms with Gasteiger partial charge in [-0.25, -0.2) is 9.18 Å². The van der Waals surface area contributed by atoms with Crippen LogP contribution >= 0.6 is 0 Å². The van der Waals surface area contributed by atoms with Crippen molar-refractivity contribution >= 4 is 16.9 Å². The van der Waals surface area contributed by atoms with Crippen molar-refractivity contribution in [3.63, 3.8) is 0 Å². The molecule has 0 saturated carbocycles. The van der Waals surface area contributed by atoms with E-state index in [1.54, 1.807) is 24.3 Å². The van der Waals surface area contributed by atoms with E-state index in [1.807, 2.05) is 13.8 Å². The van der Waals surface area contributed by atoms with E-state index in [4.69, 9.17) is 19.4 Å². The maximum atomic E-state index is 14.9. The van der Waals surface area contributed by atoms with Crippen LogP contribution in [0.3, 0.4) is 0 Å². The van der Waals surface area contributed by atoms with E-state index in [0.29, 0.717) is 30.8 Å². The number of nitrogens with zero attached hydrogens (tertiary/aromatic N) is 1. The number of hydrogen-bond donors (Lipinski definition) is 1. The Morgan fingerprint density at radius 1 is 1.03 bits per heavy atom. The molecule has 1 heterocycles. The first-order valence-electron chi connectivity index (χ1n) is 10.6. The molecule has 0 radical (unpaired) electrons. The molecule has 0 saturated heterocycles. The number of halogens is 1. The lowest BCUT2D eigenvalue weighted by atomic mass is 10.0. The number of carbonyl (C=O) groups excluding carboxylic acids is 1. The number of aliphatic hydroxyl groups excluding tert-OH is 1. The van der Waals surface area contributed by atoms with E-state index in [1.165, 1.54) is 18.3 Å². The minimum atomic E-state index is -0.737. The van der Waals surface area contributed by atoms with Crippen molar-refractivity contribution in [3.8, 4) is 22.6 Å². The third-order valence-corrected chi connectivity index (χ3v) is 4.67. The molecule has 0 fully saturated rings. The van der Waals surface area contributed by atoms with Gasteiger partial charge in [0.15, 0.2) is 0 Å². The third-order valence-electron chi connectivity index (χ3n) is 4.67. The molecule has 0 amide bonds. The molecule has 0 aliphatic carbocycles. The van der Waals surface area contributed by atoms with E-state index in [2.05, 4.69) is 0 Å². The van der Waals surface area contributed by atoms with E-state index < -0.39 is 17.2 Å². The highest BCUT2D eigenvalue weighted by molar-refractivity contribution is 5.89. The Bertz CT molecular complexity index is 1140. The average molecular weight is 443 g/mol. The van der Waals surface area contributed by atoms with Crippen molar-refractivity contribution in [1.29, 1.82) is 0 Å². The van der Waals surface area contributed by atoms with Gasteiger partial charge in [-0.1, -0.05) is 26.0 Å². The summed E-state index contributed by atoms with van der Waals surface area (Å²) in [6, 6.07) is 9.15. The van der Waals surface area contributed by atoms with Crippen LogP contribution in [0.15, 0.2) is 47.4 Å². The highest BCUT2D eigenvalue weighted by Gasteiger charge is 2.20. The highest BCUT2D eigenvalue weighted by atomic mass is 19.1. The van der Waals surface area contributed by atoms with Crippen molar-refractivity contribution in [2.75, 3.05) is 19.8 Å². The lowest BCUT2D eigenvalue weighted by Crippen LogP contribution is -2.24. The predicted molar refractivity (Wildman–Crippen MR) is 118 cm³/mol. The fourth-order valence-electron chi connectivity index (χ4n) is 3.22. The van der Waals surface area contributed by atoms with Crippen LogP contribution in [0.5, 0.6) is 11.5 Å². The summed E-state index contributed by atoms with van der Waals surface area (Å²) < 4.78 is 27.0. The van der Waals surface area contributed by atoms with Gasteiger partial charge in [-0.15, -0.1) is 0 Å². The molecule has 1 N–H and O–H groups in total. The standard InChI is InChI=1S/C24H26FNO6/c1-3-5-21(28)32-26-15-18(16-6-8-17(9-7-16)30-14-12-27)24(29)22-19(25)10-11-20(23(22)26)31-13-4-2/h6-11,15,27H,3-5,12-14H2,1-2H3. The van der Waals surface area contributed by atoms with Crippen molar-refractivity contribution in [1.82, 2.24) is 4.73 Å². The molecule has 32 heavy (non-hydrogen) atoms. The number of rotatable bonds is 10. The molecule has 2 aromatic carbocycles. The number of aliphatic hydroxyl groups is 1. The van der Waals surface area contributed by atoms with Gasteiger partial charge in [0, 0.05) is 12.0 Å². The van der Waals surface area contributed by atoms with Gasteiger partial charge < -0.3 is 19.4 Å². The lowest BCUT2D eigenvalue weighted by Gasteiger charge is -2.17. The fraction of sp³-hybridized carbons (Fsp3) is 0.333. The topological polar surface area (TPSA) is 87.0 Å². The first-order valence-corrected chi connectivity index (χ1v) is 10.6. The average Bonchev–Trinajstić information content (AvgIpc) is 2.79. The lowest BCUT2D eigenvalue weighted by molar-refractivity contribution is -0.143. The van der Waals surface area contributed by atoms with E-state index in [9.17, 15) is 14.0 Å². The van der Waals surface area contributed by atoms with Gasteiger partial charge in [-0.3, -0.25) is 4.79 Å². The summed E-state index contributed by atoms with van der Waals surface area (Å²) in [5.41, 5.74) is 0.167. The molecule has 0 aliphatic rings.